The molecule has 0 saturated carbocycles. The lowest BCUT2D eigenvalue weighted by molar-refractivity contribution is -0.137. The molecule has 0 aliphatic carbocycles. The number of esters is 1. The van der Waals surface area contributed by atoms with Crippen molar-refractivity contribution in [3.05, 3.63) is 34.5 Å². The van der Waals surface area contributed by atoms with Gasteiger partial charge in [-0.3, -0.25) is 14.4 Å². The number of nitrogens with one attached hydrogen (secondary N) is 1. The fourth-order valence-electron chi connectivity index (χ4n) is 1.61. The van der Waals surface area contributed by atoms with Crippen LogP contribution in [-0.2, 0) is 19.1 Å². The molecule has 0 heterocycles. The Bertz CT molecular complexity index is 624. The number of benzene rings is 1. The van der Waals surface area contributed by atoms with Gasteiger partial charge in [-0.05, 0) is 35.0 Å². The molecule has 1 aromatic rings. The highest BCUT2D eigenvalue weighted by Crippen LogP contribution is 2.27. The second-order valence-corrected chi connectivity index (χ2v) is 5.24. The van der Waals surface area contributed by atoms with Crippen molar-refractivity contribution in [2.24, 2.45) is 0 Å². The molecule has 0 bridgehead atoms. The number of carbonyl (C=O) groups excluding carboxylic acids is 3. The fraction of sp³-hybridized carbons (Fsp3) is 0.267. The van der Waals surface area contributed by atoms with Crippen LogP contribution in [0.15, 0.2) is 34.5 Å². The number of amides is 1. The minimum Gasteiger partial charge on any atom is -0.497 e. The van der Waals surface area contributed by atoms with Crippen LogP contribution < -0.4 is 10.1 Å². The topological polar surface area (TPSA) is 81.7 Å². The number of hydrogen-bond acceptors (Lipinski definition) is 5. The molecule has 0 aliphatic rings. The van der Waals surface area contributed by atoms with Crippen LogP contribution in [-0.4, -0.2) is 24.8 Å². The SMILES string of the molecule is COc1ccc(Br)c(NC(=O)CC(=CC(C)=O)OC(C)=O)c1. The first-order chi connectivity index (χ1) is 10.3. The van der Waals surface area contributed by atoms with Gasteiger partial charge in [0.05, 0.1) is 19.2 Å². The number of hydrogen-bond donors (Lipinski definition) is 1. The number of allylic oxidation sites excluding steroid dienone is 1. The number of ether oxygens (including phenoxy) is 2. The summed E-state index contributed by atoms with van der Waals surface area (Å²) >= 11 is 3.31. The second-order valence-electron chi connectivity index (χ2n) is 4.39. The van der Waals surface area contributed by atoms with Gasteiger partial charge in [0.1, 0.15) is 11.5 Å². The summed E-state index contributed by atoms with van der Waals surface area (Å²) in [5.74, 6) is -0.758. The summed E-state index contributed by atoms with van der Waals surface area (Å²) in [6.45, 7) is 2.50. The lowest BCUT2D eigenvalue weighted by atomic mass is 10.2. The molecule has 0 aromatic heterocycles. The third-order valence-corrected chi connectivity index (χ3v) is 3.11. The molecular formula is C15H16BrNO5. The third-order valence-electron chi connectivity index (χ3n) is 2.42. The number of anilines is 1. The molecule has 0 aliphatic heterocycles. The molecule has 0 fully saturated rings. The maximum Gasteiger partial charge on any atom is 0.307 e. The first kappa shape index (κ1) is 17.9. The summed E-state index contributed by atoms with van der Waals surface area (Å²) in [5, 5.41) is 2.65. The molecule has 1 aromatic carbocycles. The molecular weight excluding hydrogens is 354 g/mol. The number of halogens is 1. The van der Waals surface area contributed by atoms with E-state index in [-0.39, 0.29) is 18.0 Å². The van der Waals surface area contributed by atoms with Gasteiger partial charge in [0.15, 0.2) is 5.78 Å². The second kappa shape index (κ2) is 8.33. The molecule has 7 heteroatoms. The first-order valence-corrected chi connectivity index (χ1v) is 7.14. The highest BCUT2D eigenvalue weighted by molar-refractivity contribution is 9.10. The average molecular weight is 370 g/mol. The average Bonchev–Trinajstić information content (AvgIpc) is 2.39. The van der Waals surface area contributed by atoms with Gasteiger partial charge >= 0.3 is 5.97 Å². The van der Waals surface area contributed by atoms with Crippen LogP contribution >= 0.6 is 15.9 Å². The molecule has 0 radical (unpaired) electrons. The van der Waals surface area contributed by atoms with Crippen molar-refractivity contribution in [3.8, 4) is 5.75 Å². The van der Waals surface area contributed by atoms with Gasteiger partial charge in [-0.25, -0.2) is 0 Å². The predicted octanol–water partition coefficient (Wildman–Crippen LogP) is 2.82. The smallest absolute Gasteiger partial charge is 0.307 e. The molecule has 1 rings (SSSR count). The van der Waals surface area contributed by atoms with Crippen LogP contribution in [0.25, 0.3) is 0 Å². The zero-order chi connectivity index (χ0) is 16.7. The van der Waals surface area contributed by atoms with Gasteiger partial charge in [-0.1, -0.05) is 0 Å². The molecule has 1 amide bonds. The number of rotatable bonds is 6. The predicted molar refractivity (Wildman–Crippen MR) is 84.5 cm³/mol. The van der Waals surface area contributed by atoms with Crippen molar-refractivity contribution in [1.82, 2.24) is 0 Å². The van der Waals surface area contributed by atoms with Crippen LogP contribution in [0.1, 0.15) is 20.3 Å². The minimum absolute atomic E-state index is 0.00322. The van der Waals surface area contributed by atoms with Crippen molar-refractivity contribution < 1.29 is 23.9 Å². The van der Waals surface area contributed by atoms with Crippen molar-refractivity contribution in [2.45, 2.75) is 20.3 Å². The third kappa shape index (κ3) is 6.09. The Kier molecular flexibility index (Phi) is 6.78. The summed E-state index contributed by atoms with van der Waals surface area (Å²) < 4.78 is 10.6. The lowest BCUT2D eigenvalue weighted by Gasteiger charge is -2.10. The molecule has 6 nitrogen and oxygen atoms in total. The molecule has 1 N–H and O–H groups in total. The van der Waals surface area contributed by atoms with E-state index < -0.39 is 11.9 Å². The molecule has 118 valence electrons. The Balaban J connectivity index is 2.83. The van der Waals surface area contributed by atoms with E-state index in [1.54, 1.807) is 18.2 Å². The van der Waals surface area contributed by atoms with Crippen LogP contribution in [0.3, 0.4) is 0 Å². The van der Waals surface area contributed by atoms with E-state index in [1.807, 2.05) is 0 Å². The maximum absolute atomic E-state index is 12.0. The molecule has 0 unspecified atom stereocenters. The number of ketones is 1. The van der Waals surface area contributed by atoms with Crippen LogP contribution in [0, 0.1) is 0 Å². The molecule has 0 spiro atoms. The summed E-state index contributed by atoms with van der Waals surface area (Å²) in [4.78, 5) is 34.1. The minimum atomic E-state index is -0.595. The zero-order valence-corrected chi connectivity index (χ0v) is 14.0. The normalized spacial score (nSPS) is 10.8. The number of carbonyl (C=O) groups is 3. The summed E-state index contributed by atoms with van der Waals surface area (Å²) in [5.41, 5.74) is 0.509. The van der Waals surface area contributed by atoms with Gasteiger partial charge in [0, 0.05) is 23.5 Å². The van der Waals surface area contributed by atoms with Crippen molar-refractivity contribution in [2.75, 3.05) is 12.4 Å². The quantitative estimate of drug-likeness (QED) is 0.473. The maximum atomic E-state index is 12.0. The number of methoxy groups -OCH3 is 1. The first-order valence-electron chi connectivity index (χ1n) is 6.34. The van der Waals surface area contributed by atoms with Crippen LogP contribution in [0.4, 0.5) is 5.69 Å². The van der Waals surface area contributed by atoms with Crippen molar-refractivity contribution in [3.63, 3.8) is 0 Å². The summed E-state index contributed by atoms with van der Waals surface area (Å²) in [6.07, 6.45) is 0.879. The van der Waals surface area contributed by atoms with E-state index in [2.05, 4.69) is 21.2 Å². The monoisotopic (exact) mass is 369 g/mol. The van der Waals surface area contributed by atoms with Gasteiger partial charge < -0.3 is 14.8 Å². The zero-order valence-electron chi connectivity index (χ0n) is 12.4. The standard InChI is InChI=1S/C15H16BrNO5/c1-9(18)6-12(22-10(2)19)8-15(20)17-14-7-11(21-3)4-5-13(14)16/h4-7H,8H2,1-3H3,(H,17,20). The van der Waals surface area contributed by atoms with Gasteiger partial charge in [0.2, 0.25) is 5.91 Å². The van der Waals surface area contributed by atoms with Gasteiger partial charge in [0.25, 0.3) is 0 Å². The Morgan fingerprint density at radius 2 is 1.95 bits per heavy atom. The largest absolute Gasteiger partial charge is 0.497 e. The summed E-state index contributed by atoms with van der Waals surface area (Å²) in [6, 6.07) is 5.11. The Morgan fingerprint density at radius 3 is 2.50 bits per heavy atom. The van der Waals surface area contributed by atoms with E-state index in [0.717, 1.165) is 6.08 Å². The van der Waals surface area contributed by atoms with E-state index in [0.29, 0.717) is 15.9 Å². The Morgan fingerprint density at radius 1 is 1.27 bits per heavy atom. The lowest BCUT2D eigenvalue weighted by Crippen LogP contribution is -2.15. The Hall–Kier alpha value is -2.15. The summed E-state index contributed by atoms with van der Waals surface area (Å²) in [7, 11) is 1.52. The van der Waals surface area contributed by atoms with E-state index in [9.17, 15) is 14.4 Å². The van der Waals surface area contributed by atoms with Gasteiger partial charge in [-0.15, -0.1) is 0 Å². The fourth-order valence-corrected chi connectivity index (χ4v) is 1.95. The highest BCUT2D eigenvalue weighted by atomic mass is 79.9. The highest BCUT2D eigenvalue weighted by Gasteiger charge is 2.12. The van der Waals surface area contributed by atoms with E-state index >= 15 is 0 Å². The van der Waals surface area contributed by atoms with E-state index in [1.165, 1.54) is 21.0 Å². The van der Waals surface area contributed by atoms with Crippen molar-refractivity contribution in [1.29, 1.82) is 0 Å². The van der Waals surface area contributed by atoms with E-state index in [4.69, 9.17) is 9.47 Å². The van der Waals surface area contributed by atoms with Gasteiger partial charge in [-0.2, -0.15) is 0 Å². The Labute approximate surface area is 136 Å². The molecule has 0 saturated heterocycles. The molecule has 0 atom stereocenters. The van der Waals surface area contributed by atoms with Crippen LogP contribution in [0.5, 0.6) is 5.75 Å². The molecule has 22 heavy (non-hydrogen) atoms. The van der Waals surface area contributed by atoms with Crippen LogP contribution in [0.2, 0.25) is 0 Å². The van der Waals surface area contributed by atoms with Crippen molar-refractivity contribution >= 4 is 39.3 Å².